The monoisotopic (exact) mass is 224 g/mol. The van der Waals surface area contributed by atoms with Crippen molar-refractivity contribution >= 4 is 0 Å². The number of hydrogen-bond acceptors (Lipinski definition) is 0. The van der Waals surface area contributed by atoms with Crippen molar-refractivity contribution in [1.29, 1.82) is 0 Å². The van der Waals surface area contributed by atoms with Crippen LogP contribution in [-0.2, 0) is 0 Å². The molecule has 0 aromatic rings. The first kappa shape index (κ1) is 9.72. The van der Waals surface area contributed by atoms with Crippen LogP contribution in [0.3, 0.4) is 0 Å². The van der Waals surface area contributed by atoms with Crippen LogP contribution in [0.5, 0.6) is 0 Å². The highest BCUT2D eigenvalue weighted by atomic mass is 19.3. The van der Waals surface area contributed by atoms with E-state index in [0.29, 0.717) is 0 Å². The van der Waals surface area contributed by atoms with Crippen molar-refractivity contribution in [2.45, 2.75) is 23.4 Å². The van der Waals surface area contributed by atoms with Crippen LogP contribution in [0.4, 0.5) is 35.1 Å². The van der Waals surface area contributed by atoms with E-state index in [1.54, 1.807) is 0 Å². The quantitative estimate of drug-likeness (QED) is 0.555. The van der Waals surface area contributed by atoms with Crippen molar-refractivity contribution in [3.8, 4) is 0 Å². The van der Waals surface area contributed by atoms with Gasteiger partial charge in [0.1, 0.15) is 0 Å². The lowest BCUT2D eigenvalue weighted by Gasteiger charge is -2.58. The number of hydrogen-bond donors (Lipinski definition) is 0. The molecule has 0 aromatic carbocycles. The van der Waals surface area contributed by atoms with Crippen molar-refractivity contribution in [3.63, 3.8) is 0 Å². The van der Waals surface area contributed by atoms with E-state index in [1.807, 2.05) is 0 Å². The molecular formula is C6F8. The van der Waals surface area contributed by atoms with Crippen LogP contribution in [0.25, 0.3) is 0 Å². The lowest BCUT2D eigenvalue weighted by molar-refractivity contribution is -0.378. The second-order valence-electron chi connectivity index (χ2n) is 3.07. The molecule has 0 N–H and O–H groups in total. The minimum atomic E-state index is -5.56. The Bertz CT molecular complexity index is 353. The van der Waals surface area contributed by atoms with Crippen LogP contribution >= 0.6 is 0 Å². The van der Waals surface area contributed by atoms with E-state index in [-0.39, 0.29) is 0 Å². The summed E-state index contributed by atoms with van der Waals surface area (Å²) in [5, 5.41) is 0. The van der Waals surface area contributed by atoms with Gasteiger partial charge in [-0.25, -0.2) is 8.78 Å². The molecule has 0 radical (unpaired) electrons. The molecule has 1 fully saturated rings. The largest absolute Gasteiger partial charge is 0.358 e. The maximum absolute atomic E-state index is 12.7. The highest BCUT2D eigenvalue weighted by Crippen LogP contribution is 2.76. The summed E-state index contributed by atoms with van der Waals surface area (Å²) in [5.74, 6) is -18.7. The minimum Gasteiger partial charge on any atom is -0.224 e. The molecule has 2 rings (SSSR count). The third-order valence-electron chi connectivity index (χ3n) is 2.41. The van der Waals surface area contributed by atoms with E-state index >= 15 is 0 Å². The number of allylic oxidation sites excluding steroid dienone is 2. The zero-order chi connectivity index (χ0) is 11.2. The predicted molar refractivity (Wildman–Crippen MR) is 26.8 cm³/mol. The van der Waals surface area contributed by atoms with Gasteiger partial charge in [0.05, 0.1) is 5.57 Å². The average Bonchev–Trinajstić information content (AvgIpc) is 2.02. The Balaban J connectivity index is 2.64. The van der Waals surface area contributed by atoms with Crippen molar-refractivity contribution in [1.82, 2.24) is 0 Å². The molecule has 0 heterocycles. The smallest absolute Gasteiger partial charge is 0.224 e. The molecule has 2 aliphatic carbocycles. The summed E-state index contributed by atoms with van der Waals surface area (Å²) in [7, 11) is 0. The van der Waals surface area contributed by atoms with Crippen LogP contribution in [0.2, 0.25) is 0 Å². The standard InChI is InChI=1S/C6F8/c7-2-1-3(8,5(2,11)12)6(13,14)4(1,9)10. The summed E-state index contributed by atoms with van der Waals surface area (Å²) in [6, 6.07) is 0. The van der Waals surface area contributed by atoms with Crippen LogP contribution in [0.1, 0.15) is 0 Å². The number of alkyl halides is 7. The second-order valence-corrected chi connectivity index (χ2v) is 3.07. The molecular weight excluding hydrogens is 224 g/mol. The minimum absolute atomic E-state index is 2.43. The fourth-order valence-corrected chi connectivity index (χ4v) is 1.57. The maximum Gasteiger partial charge on any atom is 0.358 e. The van der Waals surface area contributed by atoms with E-state index in [9.17, 15) is 35.1 Å². The number of halogens is 8. The number of fused-ring (bicyclic) bond motifs is 1. The predicted octanol–water partition coefficient (Wildman–Crippen LogP) is 2.85. The summed E-state index contributed by atoms with van der Waals surface area (Å²) < 4.78 is 98.3. The average molecular weight is 224 g/mol. The Kier molecular flexibility index (Phi) is 1.24. The topological polar surface area (TPSA) is 0 Å². The van der Waals surface area contributed by atoms with Gasteiger partial charge in [-0.2, -0.15) is 26.3 Å². The van der Waals surface area contributed by atoms with Gasteiger partial charge in [-0.1, -0.05) is 0 Å². The molecule has 8 heteroatoms. The third kappa shape index (κ3) is 0.499. The lowest BCUT2D eigenvalue weighted by Crippen LogP contribution is -2.83. The Hall–Kier alpha value is -0.820. The molecule has 2 aliphatic rings. The second kappa shape index (κ2) is 1.79. The first-order chi connectivity index (χ1) is 6.03. The fraction of sp³-hybridized carbons (Fsp3) is 0.667. The van der Waals surface area contributed by atoms with Gasteiger partial charge in [0.25, 0.3) is 5.67 Å². The Labute approximate surface area is 71.2 Å². The molecule has 0 bridgehead atoms. The molecule has 14 heavy (non-hydrogen) atoms. The molecule has 80 valence electrons. The zero-order valence-electron chi connectivity index (χ0n) is 6.02. The Morgan fingerprint density at radius 2 is 1.14 bits per heavy atom. The fourth-order valence-electron chi connectivity index (χ4n) is 1.57. The van der Waals surface area contributed by atoms with Gasteiger partial charge in [0, 0.05) is 0 Å². The van der Waals surface area contributed by atoms with Gasteiger partial charge < -0.3 is 0 Å². The highest BCUT2D eigenvalue weighted by molar-refractivity contribution is 5.60. The Morgan fingerprint density at radius 1 is 0.714 bits per heavy atom. The van der Waals surface area contributed by atoms with Gasteiger partial charge in [-0.15, -0.1) is 0 Å². The van der Waals surface area contributed by atoms with Gasteiger partial charge in [-0.05, 0) is 0 Å². The normalized spacial score (nSPS) is 41.1. The van der Waals surface area contributed by atoms with Crippen molar-refractivity contribution in [3.05, 3.63) is 11.4 Å². The molecule has 0 nitrogen and oxygen atoms in total. The third-order valence-corrected chi connectivity index (χ3v) is 2.41. The maximum atomic E-state index is 12.7. The highest BCUT2D eigenvalue weighted by Gasteiger charge is 3.00. The number of rotatable bonds is 0. The lowest BCUT2D eigenvalue weighted by atomic mass is 9.56. The van der Waals surface area contributed by atoms with Crippen molar-refractivity contribution < 1.29 is 35.1 Å². The van der Waals surface area contributed by atoms with Crippen LogP contribution in [0, 0.1) is 0 Å². The van der Waals surface area contributed by atoms with E-state index < -0.39 is 34.8 Å². The summed E-state index contributed by atoms with van der Waals surface area (Å²) >= 11 is 0. The summed E-state index contributed by atoms with van der Waals surface area (Å²) in [5.41, 5.74) is -7.28. The molecule has 0 saturated heterocycles. The van der Waals surface area contributed by atoms with Crippen LogP contribution in [0.15, 0.2) is 11.4 Å². The summed E-state index contributed by atoms with van der Waals surface area (Å²) in [6.07, 6.45) is 0. The van der Waals surface area contributed by atoms with E-state index in [0.717, 1.165) is 0 Å². The first-order valence-electron chi connectivity index (χ1n) is 3.26. The Morgan fingerprint density at radius 3 is 1.50 bits per heavy atom. The zero-order valence-corrected chi connectivity index (χ0v) is 6.02. The molecule has 1 unspecified atom stereocenters. The van der Waals surface area contributed by atoms with E-state index in [2.05, 4.69) is 0 Å². The van der Waals surface area contributed by atoms with E-state index in [1.165, 1.54) is 0 Å². The van der Waals surface area contributed by atoms with Gasteiger partial charge >= 0.3 is 17.8 Å². The van der Waals surface area contributed by atoms with Crippen LogP contribution < -0.4 is 0 Å². The van der Waals surface area contributed by atoms with Gasteiger partial charge in [-0.3, -0.25) is 0 Å². The molecule has 1 saturated carbocycles. The van der Waals surface area contributed by atoms with Gasteiger partial charge in [0.2, 0.25) is 0 Å². The SMILES string of the molecule is FC1=C2C(F)(F)C(F)(F)C2(F)C1(F)F. The van der Waals surface area contributed by atoms with Crippen molar-refractivity contribution in [2.24, 2.45) is 0 Å². The molecule has 0 spiro atoms. The molecule has 1 atom stereocenters. The van der Waals surface area contributed by atoms with Gasteiger partial charge in [0.15, 0.2) is 5.83 Å². The van der Waals surface area contributed by atoms with Crippen molar-refractivity contribution in [2.75, 3.05) is 0 Å². The first-order valence-corrected chi connectivity index (χ1v) is 3.26. The summed E-state index contributed by atoms with van der Waals surface area (Å²) in [6.45, 7) is 0. The van der Waals surface area contributed by atoms with Crippen LogP contribution in [-0.4, -0.2) is 23.4 Å². The summed E-state index contributed by atoms with van der Waals surface area (Å²) in [4.78, 5) is 0. The van der Waals surface area contributed by atoms with E-state index in [4.69, 9.17) is 0 Å². The molecule has 0 aromatic heterocycles. The molecule has 0 aliphatic heterocycles. The molecule has 0 amide bonds.